The molecule has 0 aliphatic carbocycles. The first-order valence-electron chi connectivity index (χ1n) is 7.40. The van der Waals surface area contributed by atoms with Gasteiger partial charge in [0.25, 0.3) is 0 Å². The van der Waals surface area contributed by atoms with Crippen LogP contribution in [0.4, 0.5) is 0 Å². The van der Waals surface area contributed by atoms with Crippen molar-refractivity contribution >= 4 is 0 Å². The van der Waals surface area contributed by atoms with E-state index in [1.807, 2.05) is 6.20 Å². The number of piperidine rings is 1. The number of aliphatic hydroxyl groups is 2. The van der Waals surface area contributed by atoms with Crippen LogP contribution in [0, 0.1) is 0 Å². The SMILES string of the molecule is C[C@H]1CCCCN1Cc1cn(CC(O)C(C)(C)O)nn1. The summed E-state index contributed by atoms with van der Waals surface area (Å²) < 4.78 is 1.60. The standard InChI is InChI=1S/C14H26N4O2/c1-11-6-4-5-7-17(11)8-12-9-18(16-15-12)10-13(19)14(2,3)20/h9,11,13,19-20H,4-8,10H2,1-3H3/t11-,13?/m0/s1. The summed E-state index contributed by atoms with van der Waals surface area (Å²) in [5, 5.41) is 27.8. The van der Waals surface area contributed by atoms with Gasteiger partial charge in [0, 0.05) is 18.8 Å². The number of aliphatic hydroxyl groups excluding tert-OH is 1. The van der Waals surface area contributed by atoms with E-state index >= 15 is 0 Å². The second-order valence-corrected chi connectivity index (χ2v) is 6.42. The van der Waals surface area contributed by atoms with Crippen LogP contribution in [0.25, 0.3) is 0 Å². The van der Waals surface area contributed by atoms with Crippen molar-refractivity contribution in [1.29, 1.82) is 0 Å². The zero-order valence-electron chi connectivity index (χ0n) is 12.7. The molecule has 20 heavy (non-hydrogen) atoms. The van der Waals surface area contributed by atoms with Gasteiger partial charge in [-0.2, -0.15) is 0 Å². The summed E-state index contributed by atoms with van der Waals surface area (Å²) in [4.78, 5) is 2.42. The Labute approximate surface area is 120 Å². The molecule has 1 fully saturated rings. The van der Waals surface area contributed by atoms with E-state index in [9.17, 15) is 10.2 Å². The van der Waals surface area contributed by atoms with Gasteiger partial charge in [-0.15, -0.1) is 5.10 Å². The molecule has 6 nitrogen and oxygen atoms in total. The number of rotatable bonds is 5. The third-order valence-electron chi connectivity index (χ3n) is 4.07. The maximum atomic E-state index is 9.86. The van der Waals surface area contributed by atoms with E-state index in [2.05, 4.69) is 22.1 Å². The minimum absolute atomic E-state index is 0.256. The highest BCUT2D eigenvalue weighted by atomic mass is 16.3. The molecule has 0 radical (unpaired) electrons. The van der Waals surface area contributed by atoms with Crippen molar-refractivity contribution in [3.8, 4) is 0 Å². The van der Waals surface area contributed by atoms with Gasteiger partial charge in [0.2, 0.25) is 0 Å². The molecule has 0 spiro atoms. The highest BCUT2D eigenvalue weighted by molar-refractivity contribution is 4.94. The highest BCUT2D eigenvalue weighted by Crippen LogP contribution is 2.18. The molecule has 1 aliphatic rings. The van der Waals surface area contributed by atoms with E-state index in [-0.39, 0.29) is 6.54 Å². The van der Waals surface area contributed by atoms with Gasteiger partial charge < -0.3 is 10.2 Å². The van der Waals surface area contributed by atoms with Crippen molar-refractivity contribution in [3.05, 3.63) is 11.9 Å². The Morgan fingerprint density at radius 1 is 1.45 bits per heavy atom. The molecule has 1 unspecified atom stereocenters. The van der Waals surface area contributed by atoms with Gasteiger partial charge >= 0.3 is 0 Å². The van der Waals surface area contributed by atoms with Crippen LogP contribution < -0.4 is 0 Å². The third-order valence-corrected chi connectivity index (χ3v) is 4.07. The normalized spacial score (nSPS) is 22.9. The predicted molar refractivity (Wildman–Crippen MR) is 76.0 cm³/mol. The second-order valence-electron chi connectivity index (χ2n) is 6.42. The quantitative estimate of drug-likeness (QED) is 0.835. The maximum absolute atomic E-state index is 9.86. The number of nitrogens with zero attached hydrogens (tertiary/aromatic N) is 4. The summed E-state index contributed by atoms with van der Waals surface area (Å²) in [5.74, 6) is 0. The first-order chi connectivity index (χ1) is 9.36. The van der Waals surface area contributed by atoms with E-state index in [0.29, 0.717) is 6.04 Å². The van der Waals surface area contributed by atoms with E-state index in [1.54, 1.807) is 18.5 Å². The zero-order chi connectivity index (χ0) is 14.8. The van der Waals surface area contributed by atoms with Crippen molar-refractivity contribution in [2.45, 2.75) is 70.9 Å². The molecule has 0 amide bonds. The van der Waals surface area contributed by atoms with Crippen LogP contribution >= 0.6 is 0 Å². The molecule has 2 N–H and O–H groups in total. The fraction of sp³-hybridized carbons (Fsp3) is 0.857. The molecule has 0 aromatic carbocycles. The molecule has 0 bridgehead atoms. The fourth-order valence-corrected chi connectivity index (χ4v) is 2.50. The van der Waals surface area contributed by atoms with Gasteiger partial charge in [-0.3, -0.25) is 4.90 Å². The van der Waals surface area contributed by atoms with Gasteiger partial charge in [0.15, 0.2) is 0 Å². The Morgan fingerprint density at radius 2 is 2.20 bits per heavy atom. The minimum Gasteiger partial charge on any atom is -0.388 e. The van der Waals surface area contributed by atoms with Crippen LogP contribution in [-0.4, -0.2) is 54.4 Å². The number of hydrogen-bond acceptors (Lipinski definition) is 5. The lowest BCUT2D eigenvalue weighted by atomic mass is 10.0. The van der Waals surface area contributed by atoms with Crippen LogP contribution in [0.3, 0.4) is 0 Å². The number of hydrogen-bond donors (Lipinski definition) is 2. The number of likely N-dealkylation sites (tertiary alicyclic amines) is 1. The zero-order valence-corrected chi connectivity index (χ0v) is 12.7. The lowest BCUT2D eigenvalue weighted by molar-refractivity contribution is -0.0568. The summed E-state index contributed by atoms with van der Waals surface area (Å²) in [7, 11) is 0. The van der Waals surface area contributed by atoms with Crippen molar-refractivity contribution in [1.82, 2.24) is 19.9 Å². The Balaban J connectivity index is 1.92. The van der Waals surface area contributed by atoms with E-state index in [4.69, 9.17) is 0 Å². The molecular weight excluding hydrogens is 256 g/mol. The summed E-state index contributed by atoms with van der Waals surface area (Å²) >= 11 is 0. The van der Waals surface area contributed by atoms with Crippen molar-refractivity contribution in [2.24, 2.45) is 0 Å². The van der Waals surface area contributed by atoms with E-state index in [0.717, 1.165) is 18.8 Å². The van der Waals surface area contributed by atoms with Crippen LogP contribution in [-0.2, 0) is 13.1 Å². The topological polar surface area (TPSA) is 74.4 Å². The average Bonchev–Trinajstić information content (AvgIpc) is 2.78. The summed E-state index contributed by atoms with van der Waals surface area (Å²) in [5.41, 5.74) is -0.213. The van der Waals surface area contributed by atoms with Gasteiger partial charge in [-0.25, -0.2) is 4.68 Å². The summed E-state index contributed by atoms with van der Waals surface area (Å²) in [6.45, 7) is 7.60. The largest absolute Gasteiger partial charge is 0.388 e. The van der Waals surface area contributed by atoms with Gasteiger partial charge in [0.05, 0.1) is 17.8 Å². The Morgan fingerprint density at radius 3 is 2.85 bits per heavy atom. The monoisotopic (exact) mass is 282 g/mol. The van der Waals surface area contributed by atoms with E-state index < -0.39 is 11.7 Å². The van der Waals surface area contributed by atoms with Crippen molar-refractivity contribution in [2.75, 3.05) is 6.54 Å². The van der Waals surface area contributed by atoms with Crippen LogP contribution in [0.15, 0.2) is 6.20 Å². The van der Waals surface area contributed by atoms with Crippen molar-refractivity contribution < 1.29 is 10.2 Å². The molecule has 114 valence electrons. The molecule has 6 heteroatoms. The number of aromatic nitrogens is 3. The van der Waals surface area contributed by atoms with Gasteiger partial charge in [-0.1, -0.05) is 11.6 Å². The molecule has 2 rings (SSSR count). The summed E-state index contributed by atoms with van der Waals surface area (Å²) in [6, 6.07) is 0.593. The molecule has 1 aliphatic heterocycles. The molecule has 2 atom stereocenters. The Bertz CT molecular complexity index is 427. The lowest BCUT2D eigenvalue weighted by Gasteiger charge is -2.32. The fourth-order valence-electron chi connectivity index (χ4n) is 2.50. The first kappa shape index (κ1) is 15.4. The van der Waals surface area contributed by atoms with Crippen molar-refractivity contribution in [3.63, 3.8) is 0 Å². The van der Waals surface area contributed by atoms with Crippen LogP contribution in [0.2, 0.25) is 0 Å². The minimum atomic E-state index is -1.13. The summed E-state index contributed by atoms with van der Waals surface area (Å²) in [6.07, 6.45) is 4.80. The highest BCUT2D eigenvalue weighted by Gasteiger charge is 2.25. The predicted octanol–water partition coefficient (Wildman–Crippen LogP) is 0.784. The van der Waals surface area contributed by atoms with E-state index in [1.165, 1.54) is 19.3 Å². The first-order valence-corrected chi connectivity index (χ1v) is 7.40. The van der Waals surface area contributed by atoms with Crippen LogP contribution in [0.5, 0.6) is 0 Å². The molecule has 2 heterocycles. The second kappa shape index (κ2) is 6.20. The van der Waals surface area contributed by atoms with Gasteiger partial charge in [-0.05, 0) is 40.2 Å². The molecular formula is C14H26N4O2. The molecule has 1 saturated heterocycles. The molecule has 1 aromatic heterocycles. The maximum Gasteiger partial charge on any atom is 0.102 e. The molecule has 1 aromatic rings. The smallest absolute Gasteiger partial charge is 0.102 e. The molecule has 0 saturated carbocycles. The third kappa shape index (κ3) is 4.01. The average molecular weight is 282 g/mol. The lowest BCUT2D eigenvalue weighted by Crippen LogP contribution is -2.39. The van der Waals surface area contributed by atoms with Gasteiger partial charge in [0.1, 0.15) is 6.10 Å². The Hall–Kier alpha value is -0.980. The Kier molecular flexibility index (Phi) is 4.78. The van der Waals surface area contributed by atoms with Crippen LogP contribution in [0.1, 0.15) is 45.7 Å².